The summed E-state index contributed by atoms with van der Waals surface area (Å²) < 4.78 is 5.33. The SMILES string of the molecule is CN=C(NCc1ccnc(N2CCCC2)c1)NCC(C)(C)NC(=O)OC(C)(C)C. The summed E-state index contributed by atoms with van der Waals surface area (Å²) in [6, 6.07) is 4.13. The van der Waals surface area contributed by atoms with Gasteiger partial charge in [-0.25, -0.2) is 9.78 Å². The van der Waals surface area contributed by atoms with Gasteiger partial charge in [0.05, 0.1) is 5.54 Å². The number of amides is 1. The van der Waals surface area contributed by atoms with Crippen LogP contribution in [-0.4, -0.2) is 54.9 Å². The van der Waals surface area contributed by atoms with Crippen LogP contribution in [0.15, 0.2) is 23.3 Å². The minimum absolute atomic E-state index is 0.432. The van der Waals surface area contributed by atoms with Crippen LogP contribution in [0.3, 0.4) is 0 Å². The molecule has 8 heteroatoms. The van der Waals surface area contributed by atoms with Gasteiger partial charge < -0.3 is 25.6 Å². The van der Waals surface area contributed by atoms with Crippen molar-refractivity contribution in [1.29, 1.82) is 0 Å². The number of nitrogens with one attached hydrogen (secondary N) is 3. The lowest BCUT2D eigenvalue weighted by atomic mass is 10.1. The Bertz CT molecular complexity index is 705. The molecule has 0 saturated carbocycles. The molecule has 1 aromatic heterocycles. The third kappa shape index (κ3) is 8.17. The summed E-state index contributed by atoms with van der Waals surface area (Å²) in [5, 5.41) is 9.46. The van der Waals surface area contributed by atoms with E-state index in [0.717, 1.165) is 24.5 Å². The van der Waals surface area contributed by atoms with Crippen molar-refractivity contribution in [2.24, 2.45) is 4.99 Å². The zero-order valence-electron chi connectivity index (χ0n) is 18.6. The van der Waals surface area contributed by atoms with E-state index >= 15 is 0 Å². The summed E-state index contributed by atoms with van der Waals surface area (Å²) in [5.41, 5.74) is 0.124. The van der Waals surface area contributed by atoms with Gasteiger partial charge in [0, 0.05) is 39.4 Å². The second kappa shape index (κ2) is 9.80. The average Bonchev–Trinajstić information content (AvgIpc) is 3.14. The first kappa shape index (κ1) is 22.8. The summed E-state index contributed by atoms with van der Waals surface area (Å²) in [5.74, 6) is 1.70. The Morgan fingerprint density at radius 1 is 1.21 bits per heavy atom. The average molecular weight is 405 g/mol. The monoisotopic (exact) mass is 404 g/mol. The van der Waals surface area contributed by atoms with Crippen LogP contribution in [0.2, 0.25) is 0 Å². The quantitative estimate of drug-likeness (QED) is 0.499. The van der Waals surface area contributed by atoms with Crippen molar-refractivity contribution in [1.82, 2.24) is 20.9 Å². The lowest BCUT2D eigenvalue weighted by molar-refractivity contribution is 0.0474. The number of nitrogens with zero attached hydrogens (tertiary/aromatic N) is 3. The zero-order valence-corrected chi connectivity index (χ0v) is 18.6. The Balaban J connectivity index is 1.83. The van der Waals surface area contributed by atoms with Gasteiger partial charge in [0.25, 0.3) is 0 Å². The number of pyridine rings is 1. The van der Waals surface area contributed by atoms with E-state index in [9.17, 15) is 4.79 Å². The van der Waals surface area contributed by atoms with E-state index in [-0.39, 0.29) is 0 Å². The van der Waals surface area contributed by atoms with Crippen LogP contribution in [0, 0.1) is 0 Å². The number of aliphatic imine (C=N–C) groups is 1. The molecule has 29 heavy (non-hydrogen) atoms. The van der Waals surface area contributed by atoms with Crippen LogP contribution in [0.4, 0.5) is 10.6 Å². The van der Waals surface area contributed by atoms with Gasteiger partial charge in [0.15, 0.2) is 5.96 Å². The first-order valence-electron chi connectivity index (χ1n) is 10.2. The highest BCUT2D eigenvalue weighted by atomic mass is 16.6. The second-order valence-corrected chi connectivity index (χ2v) is 9.01. The number of aromatic nitrogens is 1. The molecule has 0 unspecified atom stereocenters. The molecule has 8 nitrogen and oxygen atoms in total. The van der Waals surface area contributed by atoms with Crippen LogP contribution in [-0.2, 0) is 11.3 Å². The molecular formula is C21H36N6O2. The molecule has 0 spiro atoms. The molecule has 1 aliphatic rings. The van der Waals surface area contributed by atoms with Gasteiger partial charge in [-0.3, -0.25) is 4.99 Å². The number of carbonyl (C=O) groups is 1. The van der Waals surface area contributed by atoms with E-state index in [1.54, 1.807) is 7.05 Å². The Morgan fingerprint density at radius 2 is 1.90 bits per heavy atom. The van der Waals surface area contributed by atoms with Gasteiger partial charge in [-0.15, -0.1) is 0 Å². The predicted octanol–water partition coefficient (Wildman–Crippen LogP) is 2.65. The summed E-state index contributed by atoms with van der Waals surface area (Å²) in [6.07, 6.45) is 3.88. The van der Waals surface area contributed by atoms with Gasteiger partial charge in [0.1, 0.15) is 11.4 Å². The molecule has 0 radical (unpaired) electrons. The lowest BCUT2D eigenvalue weighted by Gasteiger charge is -2.29. The summed E-state index contributed by atoms with van der Waals surface area (Å²) in [4.78, 5) is 23.1. The molecule has 0 bridgehead atoms. The van der Waals surface area contributed by atoms with Crippen molar-refractivity contribution in [2.75, 3.05) is 31.6 Å². The highest BCUT2D eigenvalue weighted by molar-refractivity contribution is 5.79. The summed E-state index contributed by atoms with van der Waals surface area (Å²) in [7, 11) is 1.73. The lowest BCUT2D eigenvalue weighted by Crippen LogP contribution is -2.54. The summed E-state index contributed by atoms with van der Waals surface area (Å²) in [6.45, 7) is 12.7. The van der Waals surface area contributed by atoms with Gasteiger partial charge in [-0.1, -0.05) is 0 Å². The van der Waals surface area contributed by atoms with Gasteiger partial charge in [-0.05, 0) is 65.2 Å². The number of guanidine groups is 1. The number of alkyl carbamates (subject to hydrolysis) is 1. The fourth-order valence-corrected chi connectivity index (χ4v) is 3.02. The maximum Gasteiger partial charge on any atom is 0.408 e. The van der Waals surface area contributed by atoms with E-state index in [1.807, 2.05) is 46.9 Å². The summed E-state index contributed by atoms with van der Waals surface area (Å²) >= 11 is 0. The molecule has 1 aliphatic heterocycles. The molecule has 1 fully saturated rings. The number of anilines is 1. The van der Waals surface area contributed by atoms with Crippen molar-refractivity contribution >= 4 is 17.9 Å². The first-order valence-corrected chi connectivity index (χ1v) is 10.2. The zero-order chi connectivity index (χ0) is 21.5. The van der Waals surface area contributed by atoms with Crippen LogP contribution in [0.5, 0.6) is 0 Å². The highest BCUT2D eigenvalue weighted by Gasteiger charge is 2.24. The molecule has 2 rings (SSSR count). The molecule has 162 valence electrons. The van der Waals surface area contributed by atoms with E-state index in [4.69, 9.17) is 4.74 Å². The van der Waals surface area contributed by atoms with Crippen molar-refractivity contribution in [3.05, 3.63) is 23.9 Å². The van der Waals surface area contributed by atoms with E-state index in [0.29, 0.717) is 19.0 Å². The Morgan fingerprint density at radius 3 is 2.52 bits per heavy atom. The number of rotatable bonds is 6. The predicted molar refractivity (Wildman–Crippen MR) is 117 cm³/mol. The van der Waals surface area contributed by atoms with Gasteiger partial charge in [-0.2, -0.15) is 0 Å². The minimum atomic E-state index is -0.524. The van der Waals surface area contributed by atoms with E-state index in [1.165, 1.54) is 12.8 Å². The molecular weight excluding hydrogens is 368 g/mol. The van der Waals surface area contributed by atoms with Gasteiger partial charge in [0.2, 0.25) is 0 Å². The minimum Gasteiger partial charge on any atom is -0.444 e. The third-order valence-corrected chi connectivity index (χ3v) is 4.46. The van der Waals surface area contributed by atoms with Crippen LogP contribution >= 0.6 is 0 Å². The molecule has 3 N–H and O–H groups in total. The Kier molecular flexibility index (Phi) is 7.70. The molecule has 0 atom stereocenters. The Labute approximate surface area is 174 Å². The maximum absolute atomic E-state index is 12.0. The van der Waals surface area contributed by atoms with Crippen molar-refractivity contribution in [3.63, 3.8) is 0 Å². The van der Waals surface area contributed by atoms with Crippen LogP contribution in [0.25, 0.3) is 0 Å². The van der Waals surface area contributed by atoms with Gasteiger partial charge >= 0.3 is 6.09 Å². The topological polar surface area (TPSA) is 90.9 Å². The van der Waals surface area contributed by atoms with Crippen molar-refractivity contribution in [3.8, 4) is 0 Å². The molecule has 1 aromatic rings. The number of carbonyl (C=O) groups excluding carboxylic acids is 1. The highest BCUT2D eigenvalue weighted by Crippen LogP contribution is 2.18. The van der Waals surface area contributed by atoms with Crippen molar-refractivity contribution < 1.29 is 9.53 Å². The third-order valence-electron chi connectivity index (χ3n) is 4.46. The fraction of sp³-hybridized carbons (Fsp3) is 0.667. The molecule has 2 heterocycles. The standard InChI is InChI=1S/C21H36N6O2/c1-20(2,3)29-19(28)26-21(4,5)15-25-18(22-6)24-14-16-9-10-23-17(13-16)27-11-7-8-12-27/h9-10,13H,7-8,11-12,14-15H2,1-6H3,(H,26,28)(H2,22,24,25). The molecule has 0 aliphatic carbocycles. The first-order chi connectivity index (χ1) is 13.6. The normalized spacial score (nSPS) is 15.2. The van der Waals surface area contributed by atoms with E-state index in [2.05, 4.69) is 36.9 Å². The molecule has 1 saturated heterocycles. The molecule has 1 amide bonds. The number of ether oxygens (including phenoxy) is 1. The number of hydrogen-bond donors (Lipinski definition) is 3. The fourth-order valence-electron chi connectivity index (χ4n) is 3.02. The number of hydrogen-bond acceptors (Lipinski definition) is 5. The maximum atomic E-state index is 12.0. The second-order valence-electron chi connectivity index (χ2n) is 9.01. The largest absolute Gasteiger partial charge is 0.444 e. The van der Waals surface area contributed by atoms with Crippen molar-refractivity contribution in [2.45, 2.75) is 65.1 Å². The van der Waals surface area contributed by atoms with E-state index < -0.39 is 17.2 Å². The smallest absolute Gasteiger partial charge is 0.408 e. The Hall–Kier alpha value is -2.51. The molecule has 0 aromatic carbocycles. The van der Waals surface area contributed by atoms with Crippen LogP contribution < -0.4 is 20.9 Å². The van der Waals surface area contributed by atoms with Crippen LogP contribution in [0.1, 0.15) is 53.0 Å².